The molecule has 100 valence electrons. The highest BCUT2D eigenvalue weighted by Gasteiger charge is 2.06. The van der Waals surface area contributed by atoms with Crippen LogP contribution in [0.4, 0.5) is 9.52 Å². The molecule has 1 N–H and O–H groups in total. The summed E-state index contributed by atoms with van der Waals surface area (Å²) in [4.78, 5) is 15.9. The summed E-state index contributed by atoms with van der Waals surface area (Å²) in [5.74, 6) is -0.0517. The van der Waals surface area contributed by atoms with E-state index in [1.165, 1.54) is 35.8 Å². The summed E-state index contributed by atoms with van der Waals surface area (Å²) >= 11 is 1.22. The molecule has 0 radical (unpaired) electrons. The minimum Gasteiger partial charge on any atom is -0.465 e. The predicted octanol–water partition coefficient (Wildman–Crippen LogP) is 3.68. The molecule has 0 saturated carbocycles. The Morgan fingerprint density at radius 1 is 1.40 bits per heavy atom. The average Bonchev–Trinajstić information content (AvgIpc) is 3.04. The topological polar surface area (TPSA) is 55.1 Å². The van der Waals surface area contributed by atoms with Crippen LogP contribution >= 0.6 is 11.3 Å². The number of hydrogen-bond donors (Lipinski definition) is 1. The van der Waals surface area contributed by atoms with E-state index in [0.29, 0.717) is 21.1 Å². The van der Waals surface area contributed by atoms with Crippen LogP contribution in [0.2, 0.25) is 0 Å². The third-order valence-electron chi connectivity index (χ3n) is 2.52. The highest BCUT2D eigenvalue weighted by Crippen LogP contribution is 2.26. The molecule has 0 saturated heterocycles. The van der Waals surface area contributed by atoms with Gasteiger partial charge in [0.15, 0.2) is 5.13 Å². The van der Waals surface area contributed by atoms with Crippen LogP contribution in [0, 0.1) is 5.82 Å². The molecule has 0 aliphatic rings. The van der Waals surface area contributed by atoms with E-state index in [1.54, 1.807) is 24.3 Å². The number of carbonyl (C=O) groups is 1. The number of benzene rings is 1. The van der Waals surface area contributed by atoms with Crippen molar-refractivity contribution in [1.29, 1.82) is 0 Å². The van der Waals surface area contributed by atoms with Crippen molar-refractivity contribution in [2.24, 2.45) is 0 Å². The summed E-state index contributed by atoms with van der Waals surface area (Å²) in [7, 11) is 0. The zero-order valence-corrected chi connectivity index (χ0v) is 11.0. The third-order valence-corrected chi connectivity index (χ3v) is 3.46. The second-order valence-electron chi connectivity index (χ2n) is 3.97. The Hall–Kier alpha value is -2.47. The van der Waals surface area contributed by atoms with Crippen LogP contribution in [0.1, 0.15) is 5.76 Å². The number of hydrogen-bond acceptors (Lipinski definition) is 4. The lowest BCUT2D eigenvalue weighted by molar-refractivity contribution is -0.111. The molecule has 0 spiro atoms. The second-order valence-corrected chi connectivity index (χ2v) is 5.00. The van der Waals surface area contributed by atoms with E-state index in [9.17, 15) is 9.18 Å². The van der Waals surface area contributed by atoms with Crippen molar-refractivity contribution < 1.29 is 13.6 Å². The normalized spacial score (nSPS) is 11.2. The number of rotatable bonds is 3. The maximum absolute atomic E-state index is 13.1. The first kappa shape index (κ1) is 12.6. The molecule has 3 aromatic rings. The van der Waals surface area contributed by atoms with E-state index in [4.69, 9.17) is 4.42 Å². The molecule has 20 heavy (non-hydrogen) atoms. The molecule has 1 amide bonds. The van der Waals surface area contributed by atoms with Crippen LogP contribution in [-0.4, -0.2) is 10.9 Å². The molecule has 0 aliphatic carbocycles. The number of amides is 1. The Kier molecular flexibility index (Phi) is 3.30. The van der Waals surface area contributed by atoms with E-state index >= 15 is 0 Å². The van der Waals surface area contributed by atoms with Crippen molar-refractivity contribution in [3.05, 3.63) is 54.2 Å². The van der Waals surface area contributed by atoms with E-state index in [-0.39, 0.29) is 11.7 Å². The van der Waals surface area contributed by atoms with Crippen molar-refractivity contribution in [1.82, 2.24) is 4.98 Å². The van der Waals surface area contributed by atoms with Crippen LogP contribution in [0.3, 0.4) is 0 Å². The van der Waals surface area contributed by atoms with Gasteiger partial charge >= 0.3 is 0 Å². The lowest BCUT2D eigenvalue weighted by Gasteiger charge is -1.94. The summed E-state index contributed by atoms with van der Waals surface area (Å²) in [5.41, 5.74) is 0.654. The Labute approximate surface area is 117 Å². The van der Waals surface area contributed by atoms with Gasteiger partial charge in [-0.25, -0.2) is 9.37 Å². The molecule has 6 heteroatoms. The highest BCUT2D eigenvalue weighted by atomic mass is 32.1. The molecule has 0 aliphatic heterocycles. The highest BCUT2D eigenvalue weighted by molar-refractivity contribution is 7.22. The number of fused-ring (bicyclic) bond motifs is 1. The molecule has 0 unspecified atom stereocenters. The van der Waals surface area contributed by atoms with Gasteiger partial charge in [-0.1, -0.05) is 11.3 Å². The van der Waals surface area contributed by atoms with Crippen molar-refractivity contribution in [3.63, 3.8) is 0 Å². The number of carbonyl (C=O) groups excluding carboxylic acids is 1. The molecule has 0 bridgehead atoms. The van der Waals surface area contributed by atoms with Gasteiger partial charge in [0.1, 0.15) is 11.6 Å². The first-order chi connectivity index (χ1) is 9.70. The SMILES string of the molecule is O=C(C=Cc1ccco1)Nc1nc2ccc(F)cc2s1. The Balaban J connectivity index is 1.74. The fraction of sp³-hybridized carbons (Fsp3) is 0. The van der Waals surface area contributed by atoms with E-state index in [2.05, 4.69) is 10.3 Å². The average molecular weight is 288 g/mol. The lowest BCUT2D eigenvalue weighted by atomic mass is 10.3. The van der Waals surface area contributed by atoms with Crippen LogP contribution in [0.15, 0.2) is 47.1 Å². The van der Waals surface area contributed by atoms with Gasteiger partial charge in [0, 0.05) is 6.08 Å². The fourth-order valence-corrected chi connectivity index (χ4v) is 2.54. The van der Waals surface area contributed by atoms with Crippen molar-refractivity contribution in [2.45, 2.75) is 0 Å². The van der Waals surface area contributed by atoms with Gasteiger partial charge in [-0.2, -0.15) is 0 Å². The van der Waals surface area contributed by atoms with Crippen LogP contribution in [0.25, 0.3) is 16.3 Å². The van der Waals surface area contributed by atoms with Gasteiger partial charge in [0.25, 0.3) is 0 Å². The maximum atomic E-state index is 13.1. The fourth-order valence-electron chi connectivity index (χ4n) is 1.64. The zero-order chi connectivity index (χ0) is 13.9. The van der Waals surface area contributed by atoms with E-state index < -0.39 is 0 Å². The molecule has 0 fully saturated rings. The molecule has 4 nitrogen and oxygen atoms in total. The largest absolute Gasteiger partial charge is 0.465 e. The number of anilines is 1. The van der Waals surface area contributed by atoms with Crippen molar-refractivity contribution >= 4 is 38.7 Å². The monoisotopic (exact) mass is 288 g/mol. The van der Waals surface area contributed by atoms with Gasteiger partial charge in [-0.05, 0) is 36.4 Å². The van der Waals surface area contributed by atoms with Gasteiger partial charge in [-0.15, -0.1) is 0 Å². The van der Waals surface area contributed by atoms with Gasteiger partial charge in [0.05, 0.1) is 16.5 Å². The minimum absolute atomic E-state index is 0.319. The Bertz CT molecular complexity index is 778. The number of aromatic nitrogens is 1. The maximum Gasteiger partial charge on any atom is 0.250 e. The summed E-state index contributed by atoms with van der Waals surface area (Å²) in [5, 5.41) is 3.06. The molecular formula is C14H9FN2O2S. The number of halogens is 1. The third kappa shape index (κ3) is 2.75. The first-order valence-electron chi connectivity index (χ1n) is 5.79. The minimum atomic E-state index is -0.322. The van der Waals surface area contributed by atoms with Crippen molar-refractivity contribution in [2.75, 3.05) is 5.32 Å². The van der Waals surface area contributed by atoms with Gasteiger partial charge < -0.3 is 4.42 Å². The van der Waals surface area contributed by atoms with Crippen molar-refractivity contribution in [3.8, 4) is 0 Å². The smallest absolute Gasteiger partial charge is 0.250 e. The molecule has 0 atom stereocenters. The Morgan fingerprint density at radius 3 is 3.10 bits per heavy atom. The summed E-state index contributed by atoms with van der Waals surface area (Å²) in [6.07, 6.45) is 4.44. The predicted molar refractivity (Wildman–Crippen MR) is 75.9 cm³/mol. The molecule has 3 rings (SSSR count). The number of nitrogens with zero attached hydrogens (tertiary/aromatic N) is 1. The number of nitrogens with one attached hydrogen (secondary N) is 1. The van der Waals surface area contributed by atoms with Crippen LogP contribution in [-0.2, 0) is 4.79 Å². The lowest BCUT2D eigenvalue weighted by Crippen LogP contribution is -2.07. The van der Waals surface area contributed by atoms with Crippen LogP contribution in [0.5, 0.6) is 0 Å². The van der Waals surface area contributed by atoms with Crippen LogP contribution < -0.4 is 5.32 Å². The summed E-state index contributed by atoms with van der Waals surface area (Å²) in [6, 6.07) is 7.78. The molecule has 1 aromatic carbocycles. The quantitative estimate of drug-likeness (QED) is 0.748. The molecule has 2 heterocycles. The first-order valence-corrected chi connectivity index (χ1v) is 6.61. The number of furan rings is 1. The van der Waals surface area contributed by atoms with Gasteiger partial charge in [0.2, 0.25) is 5.91 Å². The second kappa shape index (κ2) is 5.26. The molecule has 2 aromatic heterocycles. The van der Waals surface area contributed by atoms with E-state index in [0.717, 1.165) is 0 Å². The van der Waals surface area contributed by atoms with Gasteiger partial charge in [-0.3, -0.25) is 10.1 Å². The summed E-state index contributed by atoms with van der Waals surface area (Å²) in [6.45, 7) is 0. The number of thiazole rings is 1. The Morgan fingerprint density at radius 2 is 2.30 bits per heavy atom. The summed E-state index contributed by atoms with van der Waals surface area (Å²) < 4.78 is 18.8. The standard InChI is InChI=1S/C14H9FN2O2S/c15-9-3-5-11-12(8-9)20-14(16-11)17-13(18)6-4-10-2-1-7-19-10/h1-8H,(H,16,17,18). The molecular weight excluding hydrogens is 279 g/mol. The van der Waals surface area contributed by atoms with E-state index in [1.807, 2.05) is 0 Å². The zero-order valence-electron chi connectivity index (χ0n) is 10.2.